The standard InChI is InChI=1S/C22H24ClN5OS/c1-4-14-9-11-15(12-10-14)19-20(30-22-26-25-18(5-2)28(22)27-19)21(29)24-17-8-6-7-16(23)13(17)3/h6-12,19-20,27H,4-5H2,1-3H3,(H,24,29)/t19-,20+/m1/s1. The summed E-state index contributed by atoms with van der Waals surface area (Å²) in [6.07, 6.45) is 1.72. The van der Waals surface area contributed by atoms with Crippen LogP contribution < -0.4 is 10.7 Å². The number of aromatic nitrogens is 3. The normalized spacial score (nSPS) is 17.9. The molecule has 0 radical (unpaired) electrons. The Morgan fingerprint density at radius 1 is 1.17 bits per heavy atom. The lowest BCUT2D eigenvalue weighted by molar-refractivity contribution is -0.116. The number of nitrogens with one attached hydrogen (secondary N) is 2. The van der Waals surface area contributed by atoms with Crippen LogP contribution in [0, 0.1) is 6.92 Å². The van der Waals surface area contributed by atoms with E-state index in [4.69, 9.17) is 11.6 Å². The van der Waals surface area contributed by atoms with Gasteiger partial charge in [-0.05, 0) is 42.2 Å². The molecule has 1 aliphatic heterocycles. The summed E-state index contributed by atoms with van der Waals surface area (Å²) in [6.45, 7) is 6.06. The molecule has 0 aliphatic carbocycles. The lowest BCUT2D eigenvalue weighted by atomic mass is 10.0. The minimum Gasteiger partial charge on any atom is -0.325 e. The number of carbonyl (C=O) groups excluding carboxylic acids is 1. The number of rotatable bonds is 5. The van der Waals surface area contributed by atoms with Crippen molar-refractivity contribution < 1.29 is 4.79 Å². The summed E-state index contributed by atoms with van der Waals surface area (Å²) in [6, 6.07) is 13.7. The zero-order valence-corrected chi connectivity index (χ0v) is 18.7. The average molecular weight is 442 g/mol. The van der Waals surface area contributed by atoms with Crippen LogP contribution in [-0.2, 0) is 17.6 Å². The summed E-state index contributed by atoms with van der Waals surface area (Å²) in [7, 11) is 0. The largest absolute Gasteiger partial charge is 0.325 e. The van der Waals surface area contributed by atoms with Crippen molar-refractivity contribution in [1.29, 1.82) is 0 Å². The van der Waals surface area contributed by atoms with Gasteiger partial charge in [-0.2, -0.15) is 0 Å². The van der Waals surface area contributed by atoms with Gasteiger partial charge in [0.2, 0.25) is 11.1 Å². The monoisotopic (exact) mass is 441 g/mol. The fraction of sp³-hybridized carbons (Fsp3) is 0.318. The SMILES string of the molecule is CCc1ccc([C@H]2Nn3c(CC)nnc3S[C@@H]2C(=O)Nc2cccc(Cl)c2C)cc1. The molecule has 1 aliphatic rings. The van der Waals surface area contributed by atoms with Crippen molar-refractivity contribution in [3.05, 3.63) is 70.0 Å². The molecule has 1 amide bonds. The average Bonchev–Trinajstić information content (AvgIpc) is 3.18. The van der Waals surface area contributed by atoms with E-state index in [-0.39, 0.29) is 11.9 Å². The molecule has 2 heterocycles. The second-order valence-corrected chi connectivity index (χ2v) is 8.75. The Balaban J connectivity index is 1.68. The van der Waals surface area contributed by atoms with Gasteiger partial charge in [0.05, 0.1) is 6.04 Å². The smallest absolute Gasteiger partial charge is 0.240 e. The Morgan fingerprint density at radius 2 is 1.93 bits per heavy atom. The molecule has 2 atom stereocenters. The molecular weight excluding hydrogens is 418 g/mol. The predicted molar refractivity (Wildman–Crippen MR) is 122 cm³/mol. The first kappa shape index (κ1) is 20.8. The number of halogens is 1. The summed E-state index contributed by atoms with van der Waals surface area (Å²) in [5.41, 5.74) is 7.35. The van der Waals surface area contributed by atoms with E-state index in [0.29, 0.717) is 10.2 Å². The van der Waals surface area contributed by atoms with Gasteiger partial charge in [0, 0.05) is 17.1 Å². The number of nitrogens with zero attached hydrogens (tertiary/aromatic N) is 3. The zero-order chi connectivity index (χ0) is 21.3. The molecule has 2 N–H and O–H groups in total. The Hall–Kier alpha value is -2.51. The third-order valence-corrected chi connectivity index (χ3v) is 6.98. The molecule has 0 spiro atoms. The van der Waals surface area contributed by atoms with Crippen molar-refractivity contribution in [1.82, 2.24) is 14.9 Å². The van der Waals surface area contributed by atoms with Gasteiger partial charge in [0.25, 0.3) is 0 Å². The van der Waals surface area contributed by atoms with Crippen LogP contribution in [0.25, 0.3) is 0 Å². The lowest BCUT2D eigenvalue weighted by Gasteiger charge is -2.33. The Bertz CT molecular complexity index is 1070. The molecule has 0 fully saturated rings. The Kier molecular flexibility index (Phi) is 6.01. The van der Waals surface area contributed by atoms with Gasteiger partial charge < -0.3 is 10.7 Å². The van der Waals surface area contributed by atoms with Crippen molar-refractivity contribution in [2.45, 2.75) is 50.1 Å². The van der Waals surface area contributed by atoms with E-state index < -0.39 is 5.25 Å². The lowest BCUT2D eigenvalue weighted by Crippen LogP contribution is -2.41. The number of amides is 1. The summed E-state index contributed by atoms with van der Waals surface area (Å²) in [4.78, 5) is 13.4. The van der Waals surface area contributed by atoms with Gasteiger partial charge in [-0.1, -0.05) is 67.5 Å². The molecule has 0 saturated carbocycles. The molecule has 8 heteroatoms. The fourth-order valence-electron chi connectivity index (χ4n) is 3.49. The number of fused-ring (bicyclic) bond motifs is 1. The number of thioether (sulfide) groups is 1. The summed E-state index contributed by atoms with van der Waals surface area (Å²) >= 11 is 7.66. The molecule has 156 valence electrons. The van der Waals surface area contributed by atoms with Crippen LogP contribution in [0.1, 0.15) is 42.4 Å². The Morgan fingerprint density at radius 3 is 2.63 bits per heavy atom. The highest BCUT2D eigenvalue weighted by molar-refractivity contribution is 8.00. The van der Waals surface area contributed by atoms with Gasteiger partial charge in [-0.25, -0.2) is 4.68 Å². The van der Waals surface area contributed by atoms with Gasteiger partial charge >= 0.3 is 0 Å². The number of carbonyl (C=O) groups is 1. The van der Waals surface area contributed by atoms with Crippen LogP contribution >= 0.6 is 23.4 Å². The zero-order valence-electron chi connectivity index (χ0n) is 17.1. The minimum atomic E-state index is -0.419. The van der Waals surface area contributed by atoms with Crippen molar-refractivity contribution in [2.24, 2.45) is 0 Å². The Labute approximate surface area is 185 Å². The van der Waals surface area contributed by atoms with Gasteiger partial charge in [0.1, 0.15) is 5.25 Å². The fourth-order valence-corrected chi connectivity index (χ4v) is 4.76. The molecule has 0 unspecified atom stereocenters. The highest BCUT2D eigenvalue weighted by Gasteiger charge is 2.37. The third kappa shape index (κ3) is 3.91. The maximum atomic E-state index is 13.4. The van der Waals surface area contributed by atoms with E-state index in [1.54, 1.807) is 0 Å². The van der Waals surface area contributed by atoms with Crippen LogP contribution in [0.4, 0.5) is 5.69 Å². The molecular formula is C22H24ClN5OS. The maximum Gasteiger partial charge on any atom is 0.240 e. The van der Waals surface area contributed by atoms with Gasteiger partial charge in [0.15, 0.2) is 5.82 Å². The molecule has 0 bridgehead atoms. The molecule has 0 saturated heterocycles. The summed E-state index contributed by atoms with van der Waals surface area (Å²) < 4.78 is 1.90. The van der Waals surface area contributed by atoms with Crippen LogP contribution in [-0.4, -0.2) is 26.0 Å². The number of hydrogen-bond donors (Lipinski definition) is 2. The van der Waals surface area contributed by atoms with Crippen LogP contribution in [0.2, 0.25) is 5.02 Å². The van der Waals surface area contributed by atoms with E-state index in [9.17, 15) is 4.79 Å². The van der Waals surface area contributed by atoms with Crippen molar-refractivity contribution in [2.75, 3.05) is 10.7 Å². The van der Waals surface area contributed by atoms with Gasteiger partial charge in [-0.15, -0.1) is 10.2 Å². The summed E-state index contributed by atoms with van der Waals surface area (Å²) in [5.74, 6) is 0.743. The highest BCUT2D eigenvalue weighted by atomic mass is 35.5. The van der Waals surface area contributed by atoms with Crippen molar-refractivity contribution in [3.8, 4) is 0 Å². The van der Waals surface area contributed by atoms with E-state index >= 15 is 0 Å². The molecule has 2 aromatic carbocycles. The van der Waals surface area contributed by atoms with Gasteiger partial charge in [-0.3, -0.25) is 4.79 Å². The first-order valence-corrected chi connectivity index (χ1v) is 11.3. The van der Waals surface area contributed by atoms with Crippen LogP contribution in [0.15, 0.2) is 47.6 Å². The summed E-state index contributed by atoms with van der Waals surface area (Å²) in [5, 5.41) is 12.5. The first-order valence-electron chi connectivity index (χ1n) is 10.0. The van der Waals surface area contributed by atoms with E-state index in [1.165, 1.54) is 17.3 Å². The number of aryl methyl sites for hydroxylation is 2. The third-order valence-electron chi connectivity index (χ3n) is 5.35. The van der Waals surface area contributed by atoms with E-state index in [2.05, 4.69) is 52.1 Å². The van der Waals surface area contributed by atoms with Crippen molar-refractivity contribution >= 4 is 35.0 Å². The van der Waals surface area contributed by atoms with Crippen LogP contribution in [0.3, 0.4) is 0 Å². The number of anilines is 1. The van der Waals surface area contributed by atoms with E-state index in [1.807, 2.05) is 36.7 Å². The topological polar surface area (TPSA) is 71.8 Å². The molecule has 3 aromatic rings. The molecule has 30 heavy (non-hydrogen) atoms. The quantitative estimate of drug-likeness (QED) is 0.597. The molecule has 4 rings (SSSR count). The first-order chi connectivity index (χ1) is 14.5. The van der Waals surface area contributed by atoms with Crippen LogP contribution in [0.5, 0.6) is 0 Å². The highest BCUT2D eigenvalue weighted by Crippen LogP contribution is 2.38. The predicted octanol–water partition coefficient (Wildman–Crippen LogP) is 4.76. The minimum absolute atomic E-state index is 0.102. The molecule has 1 aromatic heterocycles. The number of hydrogen-bond acceptors (Lipinski definition) is 5. The van der Waals surface area contributed by atoms with Crippen molar-refractivity contribution in [3.63, 3.8) is 0 Å². The second-order valence-electron chi connectivity index (χ2n) is 7.23. The molecule has 6 nitrogen and oxygen atoms in total. The van der Waals surface area contributed by atoms with E-state index in [0.717, 1.165) is 35.5 Å². The second kappa shape index (κ2) is 8.70. The number of benzene rings is 2. The maximum absolute atomic E-state index is 13.4.